The Kier molecular flexibility index (Phi) is 3.51. The summed E-state index contributed by atoms with van der Waals surface area (Å²) in [5.41, 5.74) is 3.91. The Morgan fingerprint density at radius 3 is 2.86 bits per heavy atom. The molecule has 0 spiro atoms. The summed E-state index contributed by atoms with van der Waals surface area (Å²) in [7, 11) is 0. The van der Waals surface area contributed by atoms with Gasteiger partial charge in [0.05, 0.1) is 6.04 Å². The number of fused-ring (bicyclic) bond motifs is 1. The summed E-state index contributed by atoms with van der Waals surface area (Å²) < 4.78 is 0. The molecule has 3 nitrogen and oxygen atoms in total. The first-order valence-electron chi connectivity index (χ1n) is 8.29. The van der Waals surface area contributed by atoms with Crippen LogP contribution in [0.4, 0.5) is 0 Å². The molecule has 0 bridgehead atoms. The Morgan fingerprint density at radius 2 is 2.05 bits per heavy atom. The second kappa shape index (κ2) is 5.65. The lowest BCUT2D eigenvalue weighted by molar-refractivity contribution is 0.0989. The smallest absolute Gasteiger partial charge is 0.0505 e. The third-order valence-electron chi connectivity index (χ3n) is 5.02. The molecule has 3 heterocycles. The van der Waals surface area contributed by atoms with Gasteiger partial charge in [-0.3, -0.25) is 4.90 Å². The van der Waals surface area contributed by atoms with E-state index in [1.807, 2.05) is 6.20 Å². The first-order valence-corrected chi connectivity index (χ1v) is 8.29. The molecule has 1 aromatic carbocycles. The molecule has 2 N–H and O–H groups in total. The van der Waals surface area contributed by atoms with E-state index >= 15 is 0 Å². The average molecular weight is 293 g/mol. The lowest BCUT2D eigenvalue weighted by Crippen LogP contribution is -2.35. The summed E-state index contributed by atoms with van der Waals surface area (Å²) >= 11 is 0. The van der Waals surface area contributed by atoms with Gasteiger partial charge in [0.15, 0.2) is 0 Å². The van der Waals surface area contributed by atoms with Gasteiger partial charge in [-0.2, -0.15) is 0 Å². The molecule has 2 atom stereocenters. The van der Waals surface area contributed by atoms with E-state index in [2.05, 4.69) is 64.3 Å². The first-order chi connectivity index (χ1) is 10.8. The van der Waals surface area contributed by atoms with Crippen molar-refractivity contribution in [1.82, 2.24) is 14.9 Å². The van der Waals surface area contributed by atoms with E-state index in [1.165, 1.54) is 48.1 Å². The van der Waals surface area contributed by atoms with Crippen molar-refractivity contribution in [3.8, 4) is 0 Å². The maximum absolute atomic E-state index is 3.64. The number of piperidine rings is 1. The van der Waals surface area contributed by atoms with Crippen LogP contribution >= 0.6 is 0 Å². The van der Waals surface area contributed by atoms with Crippen LogP contribution in [0.25, 0.3) is 10.9 Å². The number of rotatable bonds is 3. The van der Waals surface area contributed by atoms with Crippen LogP contribution in [-0.4, -0.2) is 21.4 Å². The quantitative estimate of drug-likeness (QED) is 0.716. The molecule has 1 aliphatic heterocycles. The highest BCUT2D eigenvalue weighted by atomic mass is 15.2. The van der Waals surface area contributed by atoms with E-state index in [9.17, 15) is 0 Å². The Bertz CT molecular complexity index is 708. The molecule has 2 aromatic heterocycles. The third kappa shape index (κ3) is 2.35. The van der Waals surface area contributed by atoms with Crippen LogP contribution in [0, 0.1) is 0 Å². The van der Waals surface area contributed by atoms with Crippen LogP contribution in [-0.2, 0) is 0 Å². The summed E-state index contributed by atoms with van der Waals surface area (Å²) in [5.74, 6) is 0. The van der Waals surface area contributed by atoms with Crippen molar-refractivity contribution >= 4 is 10.9 Å². The van der Waals surface area contributed by atoms with E-state index in [0.29, 0.717) is 12.1 Å². The maximum Gasteiger partial charge on any atom is 0.0505 e. The monoisotopic (exact) mass is 293 g/mol. The van der Waals surface area contributed by atoms with E-state index in [4.69, 9.17) is 0 Å². The second-order valence-electron chi connectivity index (χ2n) is 6.36. The molecule has 114 valence electrons. The van der Waals surface area contributed by atoms with Gasteiger partial charge in [-0.15, -0.1) is 0 Å². The molecule has 0 aliphatic carbocycles. The van der Waals surface area contributed by atoms with Crippen molar-refractivity contribution < 1.29 is 0 Å². The van der Waals surface area contributed by atoms with Crippen molar-refractivity contribution in [3.63, 3.8) is 0 Å². The second-order valence-corrected chi connectivity index (χ2v) is 6.36. The van der Waals surface area contributed by atoms with Crippen LogP contribution in [0.3, 0.4) is 0 Å². The SMILES string of the molecule is CC(c1ccc[nH]1)N1CCCCC1c1cc2ccccc2[nH]1. The lowest BCUT2D eigenvalue weighted by Gasteiger charge is -2.39. The van der Waals surface area contributed by atoms with Crippen molar-refractivity contribution in [3.05, 3.63) is 60.0 Å². The number of nitrogens with zero attached hydrogens (tertiary/aromatic N) is 1. The number of hydrogen-bond acceptors (Lipinski definition) is 1. The zero-order valence-corrected chi connectivity index (χ0v) is 13.0. The Morgan fingerprint density at radius 1 is 1.14 bits per heavy atom. The van der Waals surface area contributed by atoms with E-state index < -0.39 is 0 Å². The van der Waals surface area contributed by atoms with Crippen molar-refractivity contribution in [2.45, 2.75) is 38.3 Å². The minimum Gasteiger partial charge on any atom is -0.364 e. The number of para-hydroxylation sites is 1. The zero-order valence-electron chi connectivity index (χ0n) is 13.0. The summed E-state index contributed by atoms with van der Waals surface area (Å²) in [5, 5.41) is 1.32. The molecule has 3 aromatic rings. The fourth-order valence-electron chi connectivity index (χ4n) is 3.81. The van der Waals surface area contributed by atoms with Crippen LogP contribution in [0.15, 0.2) is 48.7 Å². The Hall–Kier alpha value is -2.00. The maximum atomic E-state index is 3.64. The predicted octanol–water partition coefficient (Wildman–Crippen LogP) is 4.78. The Labute approximate surface area is 131 Å². The number of H-pyrrole nitrogens is 2. The average Bonchev–Trinajstić information content (AvgIpc) is 3.23. The van der Waals surface area contributed by atoms with Crippen LogP contribution in [0.2, 0.25) is 0 Å². The van der Waals surface area contributed by atoms with Gasteiger partial charge in [-0.05, 0) is 56.0 Å². The highest BCUT2D eigenvalue weighted by molar-refractivity contribution is 5.80. The minimum atomic E-state index is 0.423. The van der Waals surface area contributed by atoms with Gasteiger partial charge in [0.1, 0.15) is 0 Å². The summed E-state index contributed by atoms with van der Waals surface area (Å²) in [6.45, 7) is 3.48. The number of nitrogens with one attached hydrogen (secondary N) is 2. The van der Waals surface area contributed by atoms with Crippen molar-refractivity contribution in [1.29, 1.82) is 0 Å². The van der Waals surface area contributed by atoms with Crippen molar-refractivity contribution in [2.75, 3.05) is 6.54 Å². The number of aromatic nitrogens is 2. The van der Waals surface area contributed by atoms with E-state index in [1.54, 1.807) is 0 Å². The zero-order chi connectivity index (χ0) is 14.9. The van der Waals surface area contributed by atoms with Gasteiger partial charge in [-0.25, -0.2) is 0 Å². The molecule has 1 fully saturated rings. The molecule has 4 rings (SSSR count). The Balaban J connectivity index is 1.68. The lowest BCUT2D eigenvalue weighted by atomic mass is 9.96. The number of aromatic amines is 2. The minimum absolute atomic E-state index is 0.423. The van der Waals surface area contributed by atoms with Crippen LogP contribution in [0.5, 0.6) is 0 Å². The van der Waals surface area contributed by atoms with Gasteiger partial charge < -0.3 is 9.97 Å². The van der Waals surface area contributed by atoms with Crippen LogP contribution in [0.1, 0.15) is 49.7 Å². The van der Waals surface area contributed by atoms with Gasteiger partial charge in [0.25, 0.3) is 0 Å². The predicted molar refractivity (Wildman–Crippen MR) is 90.8 cm³/mol. The molecule has 0 saturated carbocycles. The third-order valence-corrected chi connectivity index (χ3v) is 5.02. The van der Waals surface area contributed by atoms with Gasteiger partial charge in [-0.1, -0.05) is 24.6 Å². The molecule has 1 saturated heterocycles. The van der Waals surface area contributed by atoms with Gasteiger partial charge in [0.2, 0.25) is 0 Å². The molecule has 0 radical (unpaired) electrons. The molecule has 3 heteroatoms. The first kappa shape index (κ1) is 13.6. The van der Waals surface area contributed by atoms with Crippen LogP contribution < -0.4 is 0 Å². The molecule has 1 aliphatic rings. The number of benzene rings is 1. The summed E-state index contributed by atoms with van der Waals surface area (Å²) in [6, 6.07) is 16.1. The molecular formula is C19H23N3. The molecule has 0 amide bonds. The van der Waals surface area contributed by atoms with E-state index in [-0.39, 0.29) is 0 Å². The summed E-state index contributed by atoms with van der Waals surface area (Å²) in [4.78, 5) is 9.66. The fraction of sp³-hybridized carbons (Fsp3) is 0.368. The normalized spacial score (nSPS) is 21.2. The number of likely N-dealkylation sites (tertiary alicyclic amines) is 1. The highest BCUT2D eigenvalue weighted by Gasteiger charge is 2.29. The number of hydrogen-bond donors (Lipinski definition) is 2. The van der Waals surface area contributed by atoms with Crippen molar-refractivity contribution in [2.24, 2.45) is 0 Å². The topological polar surface area (TPSA) is 34.8 Å². The molecule has 22 heavy (non-hydrogen) atoms. The van der Waals surface area contributed by atoms with Gasteiger partial charge >= 0.3 is 0 Å². The van der Waals surface area contributed by atoms with Gasteiger partial charge in [0, 0.05) is 29.1 Å². The summed E-state index contributed by atoms with van der Waals surface area (Å²) in [6.07, 6.45) is 5.86. The largest absolute Gasteiger partial charge is 0.364 e. The molecular weight excluding hydrogens is 270 g/mol. The fourth-order valence-corrected chi connectivity index (χ4v) is 3.81. The molecule has 2 unspecified atom stereocenters. The standard InChI is InChI=1S/C19H23N3/c1-14(16-9-6-11-20-16)22-12-5-4-10-19(22)18-13-15-7-2-3-8-17(15)21-18/h2-3,6-9,11,13-14,19-21H,4-5,10,12H2,1H3. The van der Waals surface area contributed by atoms with E-state index in [0.717, 1.165) is 0 Å². The highest BCUT2D eigenvalue weighted by Crippen LogP contribution is 2.37.